The molecule has 8 heteroatoms. The van der Waals surface area contributed by atoms with Gasteiger partial charge < -0.3 is 10.6 Å². The van der Waals surface area contributed by atoms with Crippen molar-refractivity contribution in [1.29, 1.82) is 0 Å². The molecule has 2 amide bonds. The second kappa shape index (κ2) is 8.49. The summed E-state index contributed by atoms with van der Waals surface area (Å²) in [7, 11) is -2.19. The molecule has 0 aliphatic rings. The minimum Gasteiger partial charge on any atom is -0.355 e. The molecule has 3 N–H and O–H groups in total. The number of amides is 2. The summed E-state index contributed by atoms with van der Waals surface area (Å²) >= 11 is 0. The fourth-order valence-electron chi connectivity index (χ4n) is 2.24. The molecule has 0 aromatic heterocycles. The van der Waals surface area contributed by atoms with E-state index < -0.39 is 15.9 Å². The molecular weight excluding hydrogens is 366 g/mol. The van der Waals surface area contributed by atoms with Gasteiger partial charge in [-0.2, -0.15) is 4.72 Å². The van der Waals surface area contributed by atoms with Gasteiger partial charge in [0.05, 0.1) is 11.4 Å². The molecule has 0 saturated heterocycles. The highest BCUT2D eigenvalue weighted by molar-refractivity contribution is 7.89. The lowest BCUT2D eigenvalue weighted by atomic mass is 10.1. The summed E-state index contributed by atoms with van der Waals surface area (Å²) in [4.78, 5) is 24.2. The number of hydrogen-bond donors (Lipinski definition) is 3. The third kappa shape index (κ3) is 4.94. The molecule has 2 aromatic rings. The van der Waals surface area contributed by atoms with Crippen LogP contribution in [-0.2, 0) is 10.0 Å². The molecule has 2 rings (SSSR count). The Hall–Kier alpha value is -3.15. The average Bonchev–Trinajstić information content (AvgIpc) is 2.67. The number of anilines is 1. The molecular formula is C19H19N3O4S. The highest BCUT2D eigenvalue weighted by Gasteiger charge is 2.15. The molecule has 27 heavy (non-hydrogen) atoms. The van der Waals surface area contributed by atoms with Gasteiger partial charge in [-0.1, -0.05) is 12.0 Å². The van der Waals surface area contributed by atoms with Crippen LogP contribution >= 0.6 is 0 Å². The van der Waals surface area contributed by atoms with E-state index in [9.17, 15) is 18.0 Å². The smallest absolute Gasteiger partial charge is 0.255 e. The first kappa shape index (κ1) is 20.2. The van der Waals surface area contributed by atoms with E-state index in [0.717, 1.165) is 5.56 Å². The van der Waals surface area contributed by atoms with Crippen LogP contribution in [0.25, 0.3) is 0 Å². The minimum atomic E-state index is -3.72. The summed E-state index contributed by atoms with van der Waals surface area (Å²) in [6.07, 6.45) is 5.05. The third-order valence-corrected chi connectivity index (χ3v) is 5.18. The van der Waals surface area contributed by atoms with Crippen molar-refractivity contribution in [3.63, 3.8) is 0 Å². The van der Waals surface area contributed by atoms with Crippen molar-refractivity contribution in [3.8, 4) is 12.3 Å². The molecule has 0 fully saturated rings. The van der Waals surface area contributed by atoms with Crippen LogP contribution in [0.2, 0.25) is 0 Å². The first-order valence-corrected chi connectivity index (χ1v) is 9.44. The Morgan fingerprint density at radius 2 is 1.67 bits per heavy atom. The van der Waals surface area contributed by atoms with Crippen LogP contribution in [0, 0.1) is 19.3 Å². The summed E-state index contributed by atoms with van der Waals surface area (Å²) < 4.78 is 26.2. The molecule has 0 aliphatic carbocycles. The van der Waals surface area contributed by atoms with Gasteiger partial charge in [-0.15, -0.1) is 6.42 Å². The Labute approximate surface area is 158 Å². The predicted octanol–water partition coefficient (Wildman–Crippen LogP) is 1.52. The van der Waals surface area contributed by atoms with E-state index in [4.69, 9.17) is 6.42 Å². The quantitative estimate of drug-likeness (QED) is 0.656. The van der Waals surface area contributed by atoms with Crippen LogP contribution in [0.5, 0.6) is 0 Å². The molecule has 0 heterocycles. The van der Waals surface area contributed by atoms with Crippen LogP contribution < -0.4 is 15.4 Å². The Kier molecular flexibility index (Phi) is 6.34. The Morgan fingerprint density at radius 1 is 1.04 bits per heavy atom. The maximum absolute atomic E-state index is 12.4. The SMILES string of the molecule is C#CCNS(=O)(=O)c1ccc(C(=O)Nc2cc(C(=O)NC)ccc2C)cc1. The van der Waals surface area contributed by atoms with Crippen LogP contribution in [0.4, 0.5) is 5.69 Å². The lowest BCUT2D eigenvalue weighted by Gasteiger charge is -2.11. The standard InChI is InChI=1S/C19H19N3O4S/c1-4-11-21-27(25,26)16-9-7-14(8-10-16)19(24)22-17-12-15(18(23)20-3)6-5-13(17)2/h1,5-10,12,21H,11H2,2-3H3,(H,20,23)(H,22,24). The first-order valence-electron chi connectivity index (χ1n) is 7.96. The summed E-state index contributed by atoms with van der Waals surface area (Å²) in [5, 5.41) is 5.25. The zero-order valence-electron chi connectivity index (χ0n) is 14.9. The summed E-state index contributed by atoms with van der Waals surface area (Å²) in [5.74, 6) is 1.50. The van der Waals surface area contributed by atoms with E-state index in [-0.39, 0.29) is 22.9 Å². The van der Waals surface area contributed by atoms with Crippen molar-refractivity contribution in [1.82, 2.24) is 10.0 Å². The molecule has 2 aromatic carbocycles. The Balaban J connectivity index is 2.20. The van der Waals surface area contributed by atoms with E-state index in [1.54, 1.807) is 25.1 Å². The molecule has 0 saturated carbocycles. The van der Waals surface area contributed by atoms with E-state index in [0.29, 0.717) is 11.3 Å². The van der Waals surface area contributed by atoms with Crippen molar-refractivity contribution in [2.45, 2.75) is 11.8 Å². The highest BCUT2D eigenvalue weighted by atomic mass is 32.2. The second-order valence-electron chi connectivity index (χ2n) is 5.62. The van der Waals surface area contributed by atoms with Gasteiger partial charge in [-0.25, -0.2) is 8.42 Å². The van der Waals surface area contributed by atoms with E-state index in [1.165, 1.54) is 31.3 Å². The number of hydrogen-bond acceptors (Lipinski definition) is 4. The maximum Gasteiger partial charge on any atom is 0.255 e. The molecule has 140 valence electrons. The van der Waals surface area contributed by atoms with Crippen LogP contribution in [0.3, 0.4) is 0 Å². The average molecular weight is 385 g/mol. The largest absolute Gasteiger partial charge is 0.355 e. The maximum atomic E-state index is 12.4. The van der Waals surface area contributed by atoms with Crippen LogP contribution in [0.1, 0.15) is 26.3 Å². The van der Waals surface area contributed by atoms with Gasteiger partial charge >= 0.3 is 0 Å². The fraction of sp³-hybridized carbons (Fsp3) is 0.158. The monoisotopic (exact) mass is 385 g/mol. The third-order valence-electron chi connectivity index (χ3n) is 3.77. The predicted molar refractivity (Wildman–Crippen MR) is 103 cm³/mol. The molecule has 0 unspecified atom stereocenters. The van der Waals surface area contributed by atoms with Gasteiger partial charge in [-0.3, -0.25) is 9.59 Å². The van der Waals surface area contributed by atoms with Crippen molar-refractivity contribution < 1.29 is 18.0 Å². The van der Waals surface area contributed by atoms with Crippen molar-refractivity contribution in [3.05, 3.63) is 59.2 Å². The Morgan fingerprint density at radius 3 is 2.26 bits per heavy atom. The normalized spacial score (nSPS) is 10.7. The van der Waals surface area contributed by atoms with Crippen molar-refractivity contribution >= 4 is 27.5 Å². The number of terminal acetylenes is 1. The number of benzene rings is 2. The zero-order chi connectivity index (χ0) is 20.0. The lowest BCUT2D eigenvalue weighted by Crippen LogP contribution is -2.24. The van der Waals surface area contributed by atoms with Crippen molar-refractivity contribution in [2.24, 2.45) is 0 Å². The number of carbonyl (C=O) groups is 2. The summed E-state index contributed by atoms with van der Waals surface area (Å²) in [5.41, 5.74) is 1.97. The van der Waals surface area contributed by atoms with Gasteiger partial charge in [0, 0.05) is 23.9 Å². The molecule has 0 radical (unpaired) electrons. The molecule has 7 nitrogen and oxygen atoms in total. The summed E-state index contributed by atoms with van der Waals surface area (Å²) in [6.45, 7) is 1.68. The highest BCUT2D eigenvalue weighted by Crippen LogP contribution is 2.19. The number of rotatable bonds is 6. The number of sulfonamides is 1. The van der Waals surface area contributed by atoms with Gasteiger partial charge in [0.25, 0.3) is 11.8 Å². The molecule has 0 aliphatic heterocycles. The van der Waals surface area contributed by atoms with Crippen LogP contribution in [-0.4, -0.2) is 33.8 Å². The minimum absolute atomic E-state index is 0.00657. The number of aryl methyl sites for hydroxylation is 1. The molecule has 0 spiro atoms. The topological polar surface area (TPSA) is 104 Å². The fourth-order valence-corrected chi connectivity index (χ4v) is 3.18. The first-order chi connectivity index (χ1) is 12.8. The van der Waals surface area contributed by atoms with Crippen LogP contribution in [0.15, 0.2) is 47.4 Å². The zero-order valence-corrected chi connectivity index (χ0v) is 15.7. The second-order valence-corrected chi connectivity index (χ2v) is 7.38. The van der Waals surface area contributed by atoms with E-state index in [2.05, 4.69) is 21.3 Å². The Bertz CT molecular complexity index is 1010. The van der Waals surface area contributed by atoms with Gasteiger partial charge in [-0.05, 0) is 48.9 Å². The van der Waals surface area contributed by atoms with Gasteiger partial charge in [0.15, 0.2) is 0 Å². The van der Waals surface area contributed by atoms with Gasteiger partial charge in [0.2, 0.25) is 10.0 Å². The molecule has 0 atom stereocenters. The number of carbonyl (C=O) groups excluding carboxylic acids is 2. The van der Waals surface area contributed by atoms with Gasteiger partial charge in [0.1, 0.15) is 0 Å². The lowest BCUT2D eigenvalue weighted by molar-refractivity contribution is 0.0961. The number of nitrogens with one attached hydrogen (secondary N) is 3. The van der Waals surface area contributed by atoms with Crippen molar-refractivity contribution in [2.75, 3.05) is 18.9 Å². The van der Waals surface area contributed by atoms with E-state index >= 15 is 0 Å². The summed E-state index contributed by atoms with van der Waals surface area (Å²) in [6, 6.07) is 10.4. The van der Waals surface area contributed by atoms with E-state index in [1.807, 2.05) is 0 Å². The molecule has 0 bridgehead atoms.